The fraction of sp³-hybridized carbons (Fsp3) is 0. The number of aromatic nitrogens is 4. The maximum absolute atomic E-state index is 5.23. The molecule has 0 aromatic carbocycles. The molecule has 2 aromatic heterocycles. The zero-order valence-corrected chi connectivity index (χ0v) is 9.29. The van der Waals surface area contributed by atoms with Crippen LogP contribution in [-0.4, -0.2) is 19.9 Å². The Bertz CT molecular complexity index is 369. The first-order valence-electron chi connectivity index (χ1n) is 3.93. The highest BCUT2D eigenvalue weighted by molar-refractivity contribution is 9.10. The highest BCUT2D eigenvalue weighted by Gasteiger charge is 1.84. The first kappa shape index (κ1) is 11.3. The summed E-state index contributed by atoms with van der Waals surface area (Å²) in [5.41, 5.74) is 10.4. The molecule has 2 heterocycles. The van der Waals surface area contributed by atoms with E-state index in [4.69, 9.17) is 11.5 Å². The molecule has 0 bridgehead atoms. The SMILES string of the molecule is Nc1cnc(Br)cn1.Nc1cnccn1. The van der Waals surface area contributed by atoms with E-state index in [9.17, 15) is 0 Å². The van der Waals surface area contributed by atoms with E-state index < -0.39 is 0 Å². The van der Waals surface area contributed by atoms with Crippen LogP contribution in [0.5, 0.6) is 0 Å². The Morgan fingerprint density at radius 1 is 0.867 bits per heavy atom. The van der Waals surface area contributed by atoms with E-state index in [1.54, 1.807) is 18.6 Å². The van der Waals surface area contributed by atoms with Gasteiger partial charge in [-0.05, 0) is 15.9 Å². The first-order valence-corrected chi connectivity index (χ1v) is 4.72. The van der Waals surface area contributed by atoms with E-state index in [0.29, 0.717) is 16.2 Å². The van der Waals surface area contributed by atoms with Crippen molar-refractivity contribution < 1.29 is 0 Å². The van der Waals surface area contributed by atoms with Gasteiger partial charge >= 0.3 is 0 Å². The summed E-state index contributed by atoms with van der Waals surface area (Å²) in [5, 5.41) is 0. The third kappa shape index (κ3) is 4.87. The van der Waals surface area contributed by atoms with Crippen molar-refractivity contribution in [2.24, 2.45) is 0 Å². The minimum Gasteiger partial charge on any atom is -0.382 e. The molecule has 0 unspecified atom stereocenters. The molecule has 0 fully saturated rings. The molecule has 4 N–H and O–H groups in total. The van der Waals surface area contributed by atoms with Crippen molar-refractivity contribution in [3.63, 3.8) is 0 Å². The number of nitrogen functional groups attached to an aromatic ring is 2. The van der Waals surface area contributed by atoms with Crippen LogP contribution in [0.1, 0.15) is 0 Å². The van der Waals surface area contributed by atoms with E-state index in [1.165, 1.54) is 12.4 Å². The van der Waals surface area contributed by atoms with E-state index >= 15 is 0 Å². The van der Waals surface area contributed by atoms with Gasteiger partial charge in [-0.2, -0.15) is 0 Å². The number of nitrogens with two attached hydrogens (primary N) is 2. The predicted octanol–water partition coefficient (Wildman–Crippen LogP) is 0.880. The molecule has 2 aromatic rings. The molecular weight excluding hydrogens is 260 g/mol. The van der Waals surface area contributed by atoms with Gasteiger partial charge in [-0.3, -0.25) is 4.98 Å². The molecule has 0 aliphatic heterocycles. The highest BCUT2D eigenvalue weighted by Crippen LogP contribution is 2.02. The molecule has 0 radical (unpaired) electrons. The van der Waals surface area contributed by atoms with Gasteiger partial charge in [-0.1, -0.05) is 0 Å². The second kappa shape index (κ2) is 5.86. The van der Waals surface area contributed by atoms with Crippen molar-refractivity contribution in [3.8, 4) is 0 Å². The summed E-state index contributed by atoms with van der Waals surface area (Å²) in [5.74, 6) is 0.899. The lowest BCUT2D eigenvalue weighted by Gasteiger charge is -1.87. The lowest BCUT2D eigenvalue weighted by molar-refractivity contribution is 1.17. The van der Waals surface area contributed by atoms with Crippen molar-refractivity contribution in [3.05, 3.63) is 35.6 Å². The lowest BCUT2D eigenvalue weighted by atomic mass is 10.7. The van der Waals surface area contributed by atoms with E-state index in [0.717, 1.165) is 0 Å². The monoisotopic (exact) mass is 268 g/mol. The van der Waals surface area contributed by atoms with Gasteiger partial charge in [0.15, 0.2) is 0 Å². The molecule has 7 heteroatoms. The average molecular weight is 269 g/mol. The number of anilines is 2. The van der Waals surface area contributed by atoms with Crippen LogP contribution in [0.4, 0.5) is 11.6 Å². The summed E-state index contributed by atoms with van der Waals surface area (Å²) in [4.78, 5) is 14.9. The lowest BCUT2D eigenvalue weighted by Crippen LogP contribution is -1.89. The summed E-state index contributed by atoms with van der Waals surface area (Å²) in [6, 6.07) is 0. The number of hydrogen-bond acceptors (Lipinski definition) is 6. The Morgan fingerprint density at radius 2 is 1.60 bits per heavy atom. The fourth-order valence-corrected chi connectivity index (χ4v) is 0.838. The van der Waals surface area contributed by atoms with Crippen LogP contribution in [0.15, 0.2) is 35.6 Å². The number of rotatable bonds is 0. The summed E-state index contributed by atoms with van der Waals surface area (Å²) < 4.78 is 0.701. The Kier molecular flexibility index (Phi) is 4.42. The quantitative estimate of drug-likeness (QED) is 0.735. The van der Waals surface area contributed by atoms with Gasteiger partial charge < -0.3 is 11.5 Å². The molecule has 0 amide bonds. The Labute approximate surface area is 94.9 Å². The van der Waals surface area contributed by atoms with Gasteiger partial charge in [0.05, 0.1) is 18.6 Å². The largest absolute Gasteiger partial charge is 0.382 e. The van der Waals surface area contributed by atoms with Gasteiger partial charge in [0, 0.05) is 12.4 Å². The number of nitrogens with zero attached hydrogens (tertiary/aromatic N) is 4. The third-order valence-corrected chi connectivity index (χ3v) is 1.63. The molecule has 0 atom stereocenters. The van der Waals surface area contributed by atoms with Crippen LogP contribution in [0, 0.1) is 0 Å². The minimum atomic E-state index is 0.438. The predicted molar refractivity (Wildman–Crippen MR) is 60.6 cm³/mol. The Balaban J connectivity index is 0.000000151. The van der Waals surface area contributed by atoms with E-state index in [-0.39, 0.29) is 0 Å². The zero-order chi connectivity index (χ0) is 11.1. The van der Waals surface area contributed by atoms with E-state index in [2.05, 4.69) is 35.9 Å². The molecule has 0 spiro atoms. The number of halogens is 1. The van der Waals surface area contributed by atoms with Crippen LogP contribution < -0.4 is 11.5 Å². The van der Waals surface area contributed by atoms with Crippen molar-refractivity contribution in [1.82, 2.24) is 19.9 Å². The van der Waals surface area contributed by atoms with Gasteiger partial charge in [-0.25, -0.2) is 15.0 Å². The normalized spacial score (nSPS) is 8.87. The van der Waals surface area contributed by atoms with Crippen molar-refractivity contribution in [2.75, 3.05) is 11.5 Å². The third-order valence-electron chi connectivity index (χ3n) is 1.22. The second-order valence-corrected chi connectivity index (χ2v) is 3.21. The van der Waals surface area contributed by atoms with Crippen LogP contribution in [0.25, 0.3) is 0 Å². The number of hydrogen-bond donors (Lipinski definition) is 2. The summed E-state index contributed by atoms with van der Waals surface area (Å²) in [6.07, 6.45) is 7.67. The fourth-order valence-electron chi connectivity index (χ4n) is 0.633. The van der Waals surface area contributed by atoms with Crippen LogP contribution in [0.2, 0.25) is 0 Å². The molecule has 78 valence electrons. The van der Waals surface area contributed by atoms with Crippen LogP contribution >= 0.6 is 15.9 Å². The maximum Gasteiger partial charge on any atom is 0.141 e. The Hall–Kier alpha value is -1.76. The maximum atomic E-state index is 5.23. The zero-order valence-electron chi connectivity index (χ0n) is 7.71. The van der Waals surface area contributed by atoms with E-state index in [1.807, 2.05) is 0 Å². The smallest absolute Gasteiger partial charge is 0.141 e. The van der Waals surface area contributed by atoms with Crippen molar-refractivity contribution in [1.29, 1.82) is 0 Å². The second-order valence-electron chi connectivity index (χ2n) is 2.39. The molecule has 0 aliphatic carbocycles. The summed E-state index contributed by atoms with van der Waals surface area (Å²) >= 11 is 3.12. The van der Waals surface area contributed by atoms with Gasteiger partial charge in [-0.15, -0.1) is 0 Å². The first-order chi connectivity index (χ1) is 7.18. The standard InChI is InChI=1S/C4H4BrN3.C4H5N3/c5-3-1-8-4(6)2-7-3;5-4-3-6-1-2-7-4/h1-2H,(H2,6,8);1-3H,(H2,5,7). The van der Waals surface area contributed by atoms with Gasteiger partial charge in [0.2, 0.25) is 0 Å². The Morgan fingerprint density at radius 3 is 1.93 bits per heavy atom. The van der Waals surface area contributed by atoms with Gasteiger partial charge in [0.1, 0.15) is 16.2 Å². The molecule has 0 aliphatic rings. The molecule has 6 nitrogen and oxygen atoms in total. The molecule has 2 rings (SSSR count). The molecule has 0 saturated carbocycles. The summed E-state index contributed by atoms with van der Waals surface area (Å²) in [6.45, 7) is 0. The van der Waals surface area contributed by atoms with Gasteiger partial charge in [0.25, 0.3) is 0 Å². The molecule has 15 heavy (non-hydrogen) atoms. The molecule has 0 saturated heterocycles. The topological polar surface area (TPSA) is 104 Å². The average Bonchev–Trinajstić information content (AvgIpc) is 2.25. The van der Waals surface area contributed by atoms with Crippen LogP contribution in [0.3, 0.4) is 0 Å². The van der Waals surface area contributed by atoms with Crippen molar-refractivity contribution in [2.45, 2.75) is 0 Å². The van der Waals surface area contributed by atoms with Crippen LogP contribution in [-0.2, 0) is 0 Å². The highest BCUT2D eigenvalue weighted by atomic mass is 79.9. The molecular formula is C8H9BrN6. The minimum absolute atomic E-state index is 0.438. The van der Waals surface area contributed by atoms with Crippen molar-refractivity contribution >= 4 is 27.6 Å². The summed E-state index contributed by atoms with van der Waals surface area (Å²) in [7, 11) is 0.